The second-order valence-electron chi connectivity index (χ2n) is 6.43. The zero-order chi connectivity index (χ0) is 14.9. The van der Waals surface area contributed by atoms with Crippen molar-refractivity contribution < 1.29 is 9.47 Å². The lowest BCUT2D eigenvalue weighted by atomic mass is 9.92. The van der Waals surface area contributed by atoms with E-state index in [1.807, 2.05) is 0 Å². The van der Waals surface area contributed by atoms with Crippen LogP contribution in [0.2, 0.25) is 0 Å². The van der Waals surface area contributed by atoms with Crippen molar-refractivity contribution in [2.45, 2.75) is 38.1 Å². The molecule has 0 amide bonds. The maximum absolute atomic E-state index is 5.70. The summed E-state index contributed by atoms with van der Waals surface area (Å²) in [6, 6.07) is 4.26. The van der Waals surface area contributed by atoms with Gasteiger partial charge in [0.25, 0.3) is 0 Å². The average molecular weight is 307 g/mol. The van der Waals surface area contributed by atoms with E-state index >= 15 is 0 Å². The summed E-state index contributed by atoms with van der Waals surface area (Å²) in [5, 5.41) is 3.66. The van der Waals surface area contributed by atoms with E-state index in [4.69, 9.17) is 9.47 Å². The zero-order valence-corrected chi connectivity index (χ0v) is 14.0. The molecule has 4 heteroatoms. The molecule has 1 fully saturated rings. The summed E-state index contributed by atoms with van der Waals surface area (Å²) in [6.45, 7) is 8.00. The fraction of sp³-hybridized carbons (Fsp3) is 0.647. The summed E-state index contributed by atoms with van der Waals surface area (Å²) < 4.78 is 11.4. The number of benzene rings is 1. The van der Waals surface area contributed by atoms with Crippen molar-refractivity contribution in [1.29, 1.82) is 0 Å². The summed E-state index contributed by atoms with van der Waals surface area (Å²) in [7, 11) is 0. The molecule has 1 heterocycles. The number of nitrogens with one attached hydrogen (secondary N) is 1. The highest BCUT2D eigenvalue weighted by Gasteiger charge is 2.44. The number of hydrogen-bond donors (Lipinski definition) is 1. The molecule has 0 unspecified atom stereocenters. The molecule has 1 N–H and O–H groups in total. The molecule has 0 spiro atoms. The van der Waals surface area contributed by atoms with Gasteiger partial charge < -0.3 is 14.8 Å². The molecular formula is C17H25NO2S. The minimum atomic E-state index is 0.549. The van der Waals surface area contributed by atoms with Crippen LogP contribution in [0.15, 0.2) is 17.0 Å². The Bertz CT molecular complexity index is 512. The molecule has 21 heavy (non-hydrogen) atoms. The lowest BCUT2D eigenvalue weighted by Gasteiger charge is -2.22. The van der Waals surface area contributed by atoms with Crippen LogP contribution in [0.3, 0.4) is 0 Å². The van der Waals surface area contributed by atoms with Gasteiger partial charge in [-0.1, -0.05) is 13.8 Å². The first-order valence-corrected chi connectivity index (χ1v) is 9.04. The van der Waals surface area contributed by atoms with E-state index in [9.17, 15) is 0 Å². The van der Waals surface area contributed by atoms with Crippen molar-refractivity contribution in [1.82, 2.24) is 5.32 Å². The molecule has 116 valence electrons. The van der Waals surface area contributed by atoms with Gasteiger partial charge in [-0.15, -0.1) is 11.8 Å². The van der Waals surface area contributed by atoms with E-state index in [-0.39, 0.29) is 0 Å². The van der Waals surface area contributed by atoms with Gasteiger partial charge in [0, 0.05) is 18.0 Å². The number of fused-ring (bicyclic) bond motifs is 1. The van der Waals surface area contributed by atoms with Gasteiger partial charge in [-0.25, -0.2) is 0 Å². The van der Waals surface area contributed by atoms with Crippen molar-refractivity contribution in [2.75, 3.05) is 26.0 Å². The van der Waals surface area contributed by atoms with Crippen LogP contribution >= 0.6 is 11.8 Å². The minimum Gasteiger partial charge on any atom is -0.486 e. The summed E-state index contributed by atoms with van der Waals surface area (Å²) in [5.41, 5.74) is 1.86. The van der Waals surface area contributed by atoms with E-state index < -0.39 is 0 Å². The van der Waals surface area contributed by atoms with Crippen LogP contribution in [0.5, 0.6) is 11.5 Å². The third-order valence-corrected chi connectivity index (χ3v) is 5.67. The second-order valence-corrected chi connectivity index (χ2v) is 7.28. The first-order valence-electron chi connectivity index (χ1n) is 7.82. The average Bonchev–Trinajstić information content (AvgIpc) is 3.27. The van der Waals surface area contributed by atoms with E-state index in [1.165, 1.54) is 23.3 Å². The van der Waals surface area contributed by atoms with Gasteiger partial charge in [-0.3, -0.25) is 0 Å². The Morgan fingerprint density at radius 3 is 2.43 bits per heavy atom. The van der Waals surface area contributed by atoms with Crippen LogP contribution in [0.1, 0.15) is 32.3 Å². The monoisotopic (exact) mass is 307 g/mol. The SMILES string of the molecule is CSc1cc2c(cc1CNCC1(C(C)C)CC1)OCCO2. The molecule has 1 saturated carbocycles. The Hall–Kier alpha value is -0.870. The molecule has 0 radical (unpaired) electrons. The summed E-state index contributed by atoms with van der Waals surface area (Å²) in [4.78, 5) is 1.28. The molecule has 1 aliphatic heterocycles. The van der Waals surface area contributed by atoms with E-state index in [1.54, 1.807) is 11.8 Å². The normalized spacial score (nSPS) is 18.9. The summed E-state index contributed by atoms with van der Waals surface area (Å²) >= 11 is 1.77. The van der Waals surface area contributed by atoms with E-state index in [0.717, 1.165) is 30.5 Å². The van der Waals surface area contributed by atoms with Gasteiger partial charge in [0.2, 0.25) is 0 Å². The molecule has 3 nitrogen and oxygen atoms in total. The van der Waals surface area contributed by atoms with Gasteiger partial charge in [0.15, 0.2) is 11.5 Å². The zero-order valence-electron chi connectivity index (χ0n) is 13.2. The predicted molar refractivity (Wildman–Crippen MR) is 87.4 cm³/mol. The fourth-order valence-corrected chi connectivity index (χ4v) is 3.62. The number of hydrogen-bond acceptors (Lipinski definition) is 4. The first kappa shape index (κ1) is 15.0. The Morgan fingerprint density at radius 2 is 1.86 bits per heavy atom. The third kappa shape index (κ3) is 3.16. The topological polar surface area (TPSA) is 30.5 Å². The molecule has 0 aromatic heterocycles. The largest absolute Gasteiger partial charge is 0.486 e. The Balaban J connectivity index is 1.67. The molecule has 2 aliphatic rings. The van der Waals surface area contributed by atoms with Gasteiger partial charge in [0.05, 0.1) is 0 Å². The van der Waals surface area contributed by atoms with Crippen molar-refractivity contribution >= 4 is 11.8 Å². The molecule has 1 aromatic carbocycles. The van der Waals surface area contributed by atoms with Crippen molar-refractivity contribution in [3.63, 3.8) is 0 Å². The van der Waals surface area contributed by atoms with Crippen LogP contribution in [0.4, 0.5) is 0 Å². The highest BCUT2D eigenvalue weighted by molar-refractivity contribution is 7.98. The lowest BCUT2D eigenvalue weighted by Crippen LogP contribution is -2.27. The molecule has 1 aromatic rings. The lowest BCUT2D eigenvalue weighted by molar-refractivity contribution is 0.171. The third-order valence-electron chi connectivity index (χ3n) is 4.85. The summed E-state index contributed by atoms with van der Waals surface area (Å²) in [6.07, 6.45) is 4.85. The highest BCUT2D eigenvalue weighted by Crippen LogP contribution is 2.51. The van der Waals surface area contributed by atoms with Gasteiger partial charge in [-0.05, 0) is 48.1 Å². The van der Waals surface area contributed by atoms with Crippen LogP contribution in [-0.4, -0.2) is 26.0 Å². The Labute approximate surface area is 131 Å². The quantitative estimate of drug-likeness (QED) is 0.812. The second kappa shape index (κ2) is 6.09. The van der Waals surface area contributed by atoms with Gasteiger partial charge in [0.1, 0.15) is 13.2 Å². The minimum absolute atomic E-state index is 0.549. The standard InChI is InChI=1S/C17H25NO2S/c1-12(2)17(4-5-17)11-18-10-13-8-14-15(9-16(13)21-3)20-7-6-19-14/h8-9,12,18H,4-7,10-11H2,1-3H3. The molecule has 1 aliphatic carbocycles. The highest BCUT2D eigenvalue weighted by atomic mass is 32.2. The van der Waals surface area contributed by atoms with Gasteiger partial charge in [-0.2, -0.15) is 0 Å². The maximum Gasteiger partial charge on any atom is 0.162 e. The number of ether oxygens (including phenoxy) is 2. The van der Waals surface area contributed by atoms with E-state index in [0.29, 0.717) is 18.6 Å². The van der Waals surface area contributed by atoms with Crippen molar-refractivity contribution in [3.8, 4) is 11.5 Å². The van der Waals surface area contributed by atoms with Crippen LogP contribution < -0.4 is 14.8 Å². The van der Waals surface area contributed by atoms with Crippen molar-refractivity contribution in [3.05, 3.63) is 17.7 Å². The number of thioether (sulfide) groups is 1. The Morgan fingerprint density at radius 1 is 1.19 bits per heavy atom. The van der Waals surface area contributed by atoms with Gasteiger partial charge >= 0.3 is 0 Å². The molecule has 0 bridgehead atoms. The van der Waals surface area contributed by atoms with E-state index in [2.05, 4.69) is 37.6 Å². The maximum atomic E-state index is 5.70. The molecule has 3 rings (SSSR count). The predicted octanol–water partition coefficient (Wildman–Crippen LogP) is 3.71. The molecule has 0 atom stereocenters. The fourth-order valence-electron chi connectivity index (χ4n) is 3.01. The summed E-state index contributed by atoms with van der Waals surface area (Å²) in [5.74, 6) is 2.54. The van der Waals surface area contributed by atoms with Crippen LogP contribution in [0, 0.1) is 11.3 Å². The van der Waals surface area contributed by atoms with Crippen LogP contribution in [-0.2, 0) is 6.54 Å². The number of rotatable bonds is 6. The van der Waals surface area contributed by atoms with Crippen molar-refractivity contribution in [2.24, 2.45) is 11.3 Å². The molecule has 0 saturated heterocycles. The molecular weight excluding hydrogens is 282 g/mol. The smallest absolute Gasteiger partial charge is 0.162 e. The van der Waals surface area contributed by atoms with Crippen LogP contribution in [0.25, 0.3) is 0 Å². The Kier molecular flexibility index (Phi) is 4.36. The first-order chi connectivity index (χ1) is 10.1.